The Bertz CT molecular complexity index is 656. The molecule has 0 unspecified atom stereocenters. The monoisotopic (exact) mass is 299 g/mol. The van der Waals surface area contributed by atoms with Gasteiger partial charge in [0.15, 0.2) is 0 Å². The maximum atomic E-state index is 11.5. The average Bonchev–Trinajstić information content (AvgIpc) is 2.56. The van der Waals surface area contributed by atoms with Gasteiger partial charge in [-0.1, -0.05) is 18.2 Å². The van der Waals surface area contributed by atoms with E-state index in [1.165, 1.54) is 6.33 Å². The fraction of sp³-hybridized carbons (Fsp3) is 0.333. The molecule has 1 aromatic carbocycles. The molecule has 0 amide bonds. The lowest BCUT2D eigenvalue weighted by Crippen LogP contribution is -2.31. The van der Waals surface area contributed by atoms with Crippen molar-refractivity contribution < 1.29 is 4.92 Å². The second-order valence-electron chi connectivity index (χ2n) is 5.19. The summed E-state index contributed by atoms with van der Waals surface area (Å²) in [5, 5.41) is 14.5. The van der Waals surface area contributed by atoms with Gasteiger partial charge >= 0.3 is 5.69 Å². The quantitative estimate of drug-likeness (QED) is 0.689. The van der Waals surface area contributed by atoms with E-state index in [1.807, 2.05) is 35.2 Å². The molecule has 0 radical (unpaired) electrons. The third-order valence-corrected chi connectivity index (χ3v) is 3.68. The highest BCUT2D eigenvalue weighted by Gasteiger charge is 2.27. The number of para-hydroxylation sites is 1. The Labute approximate surface area is 128 Å². The van der Waals surface area contributed by atoms with Crippen molar-refractivity contribution in [3.05, 3.63) is 46.8 Å². The lowest BCUT2D eigenvalue weighted by Gasteiger charge is -2.27. The van der Waals surface area contributed by atoms with Crippen LogP contribution in [0, 0.1) is 10.1 Å². The van der Waals surface area contributed by atoms with Crippen molar-refractivity contribution in [3.63, 3.8) is 0 Å². The Kier molecular flexibility index (Phi) is 4.13. The van der Waals surface area contributed by atoms with Gasteiger partial charge in [0, 0.05) is 18.8 Å². The van der Waals surface area contributed by atoms with E-state index in [4.69, 9.17) is 0 Å². The minimum Gasteiger partial charge on any atom is -0.351 e. The molecule has 1 aromatic heterocycles. The van der Waals surface area contributed by atoms with Gasteiger partial charge in [-0.25, -0.2) is 9.97 Å². The van der Waals surface area contributed by atoms with Gasteiger partial charge in [0.05, 0.1) is 4.92 Å². The van der Waals surface area contributed by atoms with Gasteiger partial charge in [0.25, 0.3) is 0 Å². The van der Waals surface area contributed by atoms with Gasteiger partial charge in [-0.3, -0.25) is 10.1 Å². The average molecular weight is 299 g/mol. The molecule has 0 aliphatic carbocycles. The zero-order valence-electron chi connectivity index (χ0n) is 12.1. The first-order chi connectivity index (χ1) is 10.8. The summed E-state index contributed by atoms with van der Waals surface area (Å²) >= 11 is 0. The normalized spacial score (nSPS) is 14.6. The molecular formula is C15H17N5O2. The van der Waals surface area contributed by atoms with Gasteiger partial charge in [-0.15, -0.1) is 0 Å². The second kappa shape index (κ2) is 6.38. The molecule has 1 N–H and O–H groups in total. The van der Waals surface area contributed by atoms with E-state index < -0.39 is 4.92 Å². The lowest BCUT2D eigenvalue weighted by atomic mass is 10.1. The molecule has 3 rings (SSSR count). The molecule has 1 aliphatic rings. The van der Waals surface area contributed by atoms with Crippen LogP contribution in [0.5, 0.6) is 0 Å². The summed E-state index contributed by atoms with van der Waals surface area (Å²) in [5.41, 5.74) is 0.696. The Hall–Kier alpha value is -2.70. The molecule has 1 fully saturated rings. The van der Waals surface area contributed by atoms with Crippen molar-refractivity contribution in [2.75, 3.05) is 23.3 Å². The van der Waals surface area contributed by atoms with Crippen LogP contribution < -0.4 is 10.2 Å². The SMILES string of the molecule is O=[N+]([O-])c1c(Nc2ccccc2)ncnc1N1CCCCC1. The minimum absolute atomic E-state index is 0.0618. The molecule has 2 heterocycles. The van der Waals surface area contributed by atoms with Crippen LogP contribution in [0.2, 0.25) is 0 Å². The molecule has 1 saturated heterocycles. The summed E-state index contributed by atoms with van der Waals surface area (Å²) in [6.07, 6.45) is 4.60. The van der Waals surface area contributed by atoms with Crippen LogP contribution in [0.3, 0.4) is 0 Å². The van der Waals surface area contributed by atoms with Crippen LogP contribution in [-0.4, -0.2) is 28.0 Å². The number of aromatic nitrogens is 2. The van der Waals surface area contributed by atoms with Crippen LogP contribution in [0.4, 0.5) is 23.0 Å². The second-order valence-corrected chi connectivity index (χ2v) is 5.19. The molecule has 0 bridgehead atoms. The van der Waals surface area contributed by atoms with Crippen molar-refractivity contribution in [2.45, 2.75) is 19.3 Å². The molecule has 114 valence electrons. The summed E-state index contributed by atoms with van der Waals surface area (Å²) < 4.78 is 0. The number of hydrogen-bond acceptors (Lipinski definition) is 6. The first-order valence-electron chi connectivity index (χ1n) is 7.32. The van der Waals surface area contributed by atoms with Crippen LogP contribution in [0.1, 0.15) is 19.3 Å². The van der Waals surface area contributed by atoms with Crippen LogP contribution in [0.15, 0.2) is 36.7 Å². The van der Waals surface area contributed by atoms with Crippen LogP contribution in [0.25, 0.3) is 0 Å². The standard InChI is InChI=1S/C15H17N5O2/c21-20(22)13-14(18-12-7-3-1-4-8-12)16-11-17-15(13)19-9-5-2-6-10-19/h1,3-4,7-8,11H,2,5-6,9-10H2,(H,16,17,18). The summed E-state index contributed by atoms with van der Waals surface area (Å²) in [7, 11) is 0. The molecule has 7 heteroatoms. The summed E-state index contributed by atoms with van der Waals surface area (Å²) in [6, 6.07) is 9.29. The predicted molar refractivity (Wildman–Crippen MR) is 84.5 cm³/mol. The largest absolute Gasteiger partial charge is 0.353 e. The van der Waals surface area contributed by atoms with E-state index in [1.54, 1.807) is 0 Å². The van der Waals surface area contributed by atoms with E-state index in [-0.39, 0.29) is 11.5 Å². The van der Waals surface area contributed by atoms with Crippen LogP contribution in [-0.2, 0) is 0 Å². The number of anilines is 3. The summed E-state index contributed by atoms with van der Waals surface area (Å²) in [5.74, 6) is 0.630. The Morgan fingerprint density at radius 1 is 1.09 bits per heavy atom. The van der Waals surface area contributed by atoms with E-state index in [2.05, 4.69) is 15.3 Å². The predicted octanol–water partition coefficient (Wildman–Crippen LogP) is 3.12. The molecule has 7 nitrogen and oxygen atoms in total. The number of nitrogens with zero attached hydrogens (tertiary/aromatic N) is 4. The van der Waals surface area contributed by atoms with Gasteiger partial charge < -0.3 is 10.2 Å². The first-order valence-corrected chi connectivity index (χ1v) is 7.32. The molecule has 0 atom stereocenters. The fourth-order valence-corrected chi connectivity index (χ4v) is 2.62. The number of rotatable bonds is 4. The topological polar surface area (TPSA) is 84.2 Å². The molecule has 0 saturated carbocycles. The van der Waals surface area contributed by atoms with E-state index >= 15 is 0 Å². The van der Waals surface area contributed by atoms with Crippen molar-refractivity contribution in [2.24, 2.45) is 0 Å². The van der Waals surface area contributed by atoms with Crippen molar-refractivity contribution in [1.82, 2.24) is 9.97 Å². The van der Waals surface area contributed by atoms with E-state index in [0.717, 1.165) is 38.0 Å². The van der Waals surface area contributed by atoms with Gasteiger partial charge in [-0.05, 0) is 31.4 Å². The highest BCUT2D eigenvalue weighted by Crippen LogP contribution is 2.34. The highest BCUT2D eigenvalue weighted by atomic mass is 16.6. The number of benzene rings is 1. The zero-order valence-corrected chi connectivity index (χ0v) is 12.1. The number of nitro groups is 1. The minimum atomic E-state index is -0.408. The Balaban J connectivity index is 1.97. The Morgan fingerprint density at radius 3 is 2.50 bits per heavy atom. The third kappa shape index (κ3) is 2.98. The lowest BCUT2D eigenvalue weighted by molar-refractivity contribution is -0.383. The summed E-state index contributed by atoms with van der Waals surface area (Å²) in [6.45, 7) is 1.59. The maximum Gasteiger partial charge on any atom is 0.353 e. The zero-order chi connectivity index (χ0) is 15.4. The number of nitrogens with one attached hydrogen (secondary N) is 1. The summed E-state index contributed by atoms with van der Waals surface area (Å²) in [4.78, 5) is 21.3. The van der Waals surface area contributed by atoms with Crippen molar-refractivity contribution in [1.29, 1.82) is 0 Å². The van der Waals surface area contributed by atoms with E-state index in [0.29, 0.717) is 5.82 Å². The maximum absolute atomic E-state index is 11.5. The third-order valence-electron chi connectivity index (χ3n) is 3.68. The molecule has 1 aliphatic heterocycles. The fourth-order valence-electron chi connectivity index (χ4n) is 2.62. The molecule has 22 heavy (non-hydrogen) atoms. The van der Waals surface area contributed by atoms with Crippen molar-refractivity contribution in [3.8, 4) is 0 Å². The Morgan fingerprint density at radius 2 is 1.82 bits per heavy atom. The first kappa shape index (κ1) is 14.2. The number of piperidine rings is 1. The van der Waals surface area contributed by atoms with Crippen molar-refractivity contribution >= 4 is 23.0 Å². The van der Waals surface area contributed by atoms with Gasteiger partial charge in [-0.2, -0.15) is 0 Å². The molecule has 2 aromatic rings. The molecule has 0 spiro atoms. The smallest absolute Gasteiger partial charge is 0.351 e. The van der Waals surface area contributed by atoms with Crippen LogP contribution >= 0.6 is 0 Å². The molecular weight excluding hydrogens is 282 g/mol. The van der Waals surface area contributed by atoms with E-state index in [9.17, 15) is 10.1 Å². The van der Waals surface area contributed by atoms with Gasteiger partial charge in [0.2, 0.25) is 11.6 Å². The van der Waals surface area contributed by atoms with Gasteiger partial charge in [0.1, 0.15) is 6.33 Å². The number of hydrogen-bond donors (Lipinski definition) is 1. The highest BCUT2D eigenvalue weighted by molar-refractivity contribution is 5.74.